The second kappa shape index (κ2) is 8.98. The van der Waals surface area contributed by atoms with Crippen molar-refractivity contribution in [3.63, 3.8) is 0 Å². The Morgan fingerprint density at radius 3 is 2.70 bits per heavy atom. The van der Waals surface area contributed by atoms with Gasteiger partial charge < -0.3 is 10.6 Å². The van der Waals surface area contributed by atoms with Crippen molar-refractivity contribution < 1.29 is 0 Å². The first-order chi connectivity index (χ1) is 11.2. The molecule has 2 rings (SSSR count). The third-order valence-electron chi connectivity index (χ3n) is 3.56. The smallest absolute Gasteiger partial charge is 0.191 e. The molecule has 0 bridgehead atoms. The summed E-state index contributed by atoms with van der Waals surface area (Å²) in [5.41, 5.74) is 2.49. The van der Waals surface area contributed by atoms with Gasteiger partial charge in [0.2, 0.25) is 0 Å². The van der Waals surface area contributed by atoms with Gasteiger partial charge >= 0.3 is 0 Å². The van der Waals surface area contributed by atoms with Gasteiger partial charge in [0.05, 0.1) is 6.54 Å². The van der Waals surface area contributed by atoms with E-state index < -0.39 is 0 Å². The van der Waals surface area contributed by atoms with E-state index in [2.05, 4.69) is 65.8 Å². The molecule has 1 heterocycles. The number of aliphatic imine (C=N–C) groups is 1. The highest BCUT2D eigenvalue weighted by molar-refractivity contribution is 5.79. The van der Waals surface area contributed by atoms with Gasteiger partial charge in [-0.05, 0) is 31.4 Å². The summed E-state index contributed by atoms with van der Waals surface area (Å²) in [6.07, 6.45) is 3.81. The summed E-state index contributed by atoms with van der Waals surface area (Å²) in [5.74, 6) is 1.33. The van der Waals surface area contributed by atoms with Crippen molar-refractivity contribution in [2.45, 2.75) is 33.9 Å². The quantitative estimate of drug-likeness (QED) is 0.610. The van der Waals surface area contributed by atoms with Crippen LogP contribution in [0.3, 0.4) is 0 Å². The van der Waals surface area contributed by atoms with Crippen molar-refractivity contribution in [3.8, 4) is 0 Å². The second-order valence-electron chi connectivity index (χ2n) is 5.89. The van der Waals surface area contributed by atoms with Crippen LogP contribution < -0.4 is 10.6 Å². The minimum absolute atomic E-state index is 0.470. The van der Waals surface area contributed by atoms with E-state index >= 15 is 0 Å². The molecule has 5 nitrogen and oxygen atoms in total. The molecular formula is C18H27N5. The molecule has 23 heavy (non-hydrogen) atoms. The normalized spacial score (nSPS) is 12.9. The lowest BCUT2D eigenvalue weighted by atomic mass is 10.1. The zero-order chi connectivity index (χ0) is 16.5. The van der Waals surface area contributed by atoms with Gasteiger partial charge in [0.25, 0.3) is 0 Å². The van der Waals surface area contributed by atoms with Crippen molar-refractivity contribution in [1.29, 1.82) is 0 Å². The third-order valence-corrected chi connectivity index (χ3v) is 3.56. The first-order valence-corrected chi connectivity index (χ1v) is 8.22. The van der Waals surface area contributed by atoms with Crippen LogP contribution in [-0.4, -0.2) is 28.8 Å². The average molecular weight is 313 g/mol. The van der Waals surface area contributed by atoms with Gasteiger partial charge in [-0.3, -0.25) is 4.68 Å². The van der Waals surface area contributed by atoms with Gasteiger partial charge in [0.15, 0.2) is 5.96 Å². The number of hydrogen-bond acceptors (Lipinski definition) is 2. The Morgan fingerprint density at radius 1 is 1.26 bits per heavy atom. The molecule has 1 atom stereocenters. The van der Waals surface area contributed by atoms with Gasteiger partial charge in [-0.2, -0.15) is 5.10 Å². The Balaban J connectivity index is 1.84. The van der Waals surface area contributed by atoms with E-state index in [-0.39, 0.29) is 0 Å². The zero-order valence-electron chi connectivity index (χ0n) is 14.3. The Kier molecular flexibility index (Phi) is 6.66. The molecule has 0 spiro atoms. The molecule has 2 N–H and O–H groups in total. The van der Waals surface area contributed by atoms with Crippen LogP contribution in [0.2, 0.25) is 0 Å². The van der Waals surface area contributed by atoms with Crippen LogP contribution in [0.4, 0.5) is 0 Å². The highest BCUT2D eigenvalue weighted by Crippen LogP contribution is 2.04. The Labute approximate surface area is 138 Å². The number of aryl methyl sites for hydroxylation is 1. The summed E-state index contributed by atoms with van der Waals surface area (Å²) in [7, 11) is 0. The van der Waals surface area contributed by atoms with Gasteiger partial charge in [0.1, 0.15) is 0 Å². The van der Waals surface area contributed by atoms with Crippen LogP contribution in [0, 0.1) is 12.8 Å². The fourth-order valence-corrected chi connectivity index (χ4v) is 2.27. The van der Waals surface area contributed by atoms with E-state index in [1.807, 2.05) is 23.1 Å². The van der Waals surface area contributed by atoms with E-state index in [1.54, 1.807) is 0 Å². The summed E-state index contributed by atoms with van der Waals surface area (Å²) in [4.78, 5) is 4.65. The Morgan fingerprint density at radius 2 is 2.04 bits per heavy atom. The van der Waals surface area contributed by atoms with Crippen molar-refractivity contribution in [2.75, 3.05) is 13.1 Å². The minimum Gasteiger partial charge on any atom is -0.357 e. The van der Waals surface area contributed by atoms with Gasteiger partial charge in [-0.15, -0.1) is 0 Å². The fourth-order valence-electron chi connectivity index (χ4n) is 2.27. The van der Waals surface area contributed by atoms with Gasteiger partial charge in [-0.1, -0.05) is 36.8 Å². The lowest BCUT2D eigenvalue weighted by Crippen LogP contribution is -2.40. The van der Waals surface area contributed by atoms with E-state index in [0.29, 0.717) is 12.5 Å². The highest BCUT2D eigenvalue weighted by atomic mass is 15.3. The zero-order valence-corrected chi connectivity index (χ0v) is 14.3. The average Bonchev–Trinajstić information content (AvgIpc) is 3.04. The molecule has 0 saturated carbocycles. The standard InChI is InChI=1S/C18H27N5/c1-4-19-18(21-13-17-8-6-15(2)7-9-17)20-12-16(3)14-23-11-5-10-22-23/h5-11,16H,4,12-14H2,1-3H3,(H2,19,20,21). The fraction of sp³-hybridized carbons (Fsp3) is 0.444. The number of benzene rings is 1. The van der Waals surface area contributed by atoms with Crippen LogP contribution in [0.25, 0.3) is 0 Å². The molecule has 1 aromatic heterocycles. The number of hydrogen-bond donors (Lipinski definition) is 2. The molecule has 0 amide bonds. The molecule has 2 aromatic rings. The van der Waals surface area contributed by atoms with Crippen LogP contribution in [-0.2, 0) is 13.1 Å². The van der Waals surface area contributed by atoms with Crippen LogP contribution in [0.15, 0.2) is 47.7 Å². The first kappa shape index (κ1) is 17.1. The molecule has 5 heteroatoms. The molecule has 0 saturated heterocycles. The molecule has 0 aliphatic carbocycles. The van der Waals surface area contributed by atoms with Crippen molar-refractivity contribution >= 4 is 5.96 Å². The highest BCUT2D eigenvalue weighted by Gasteiger charge is 2.05. The molecular weight excluding hydrogens is 286 g/mol. The molecule has 1 unspecified atom stereocenters. The monoisotopic (exact) mass is 313 g/mol. The number of aromatic nitrogens is 2. The number of rotatable bonds is 7. The van der Waals surface area contributed by atoms with E-state index in [9.17, 15) is 0 Å². The Hall–Kier alpha value is -2.30. The molecule has 0 radical (unpaired) electrons. The molecule has 0 fully saturated rings. The summed E-state index contributed by atoms with van der Waals surface area (Å²) >= 11 is 0. The minimum atomic E-state index is 0.470. The van der Waals surface area contributed by atoms with Gasteiger partial charge in [0, 0.05) is 32.0 Å². The van der Waals surface area contributed by atoms with Crippen LogP contribution >= 0.6 is 0 Å². The van der Waals surface area contributed by atoms with E-state index in [4.69, 9.17) is 0 Å². The lowest BCUT2D eigenvalue weighted by Gasteiger charge is -2.16. The lowest BCUT2D eigenvalue weighted by molar-refractivity contribution is 0.443. The largest absolute Gasteiger partial charge is 0.357 e. The van der Waals surface area contributed by atoms with Crippen molar-refractivity contribution in [3.05, 3.63) is 53.9 Å². The predicted molar refractivity (Wildman–Crippen MR) is 95.4 cm³/mol. The van der Waals surface area contributed by atoms with E-state index in [1.165, 1.54) is 11.1 Å². The predicted octanol–water partition coefficient (Wildman–Crippen LogP) is 2.58. The number of nitrogens with zero attached hydrogens (tertiary/aromatic N) is 3. The van der Waals surface area contributed by atoms with Crippen molar-refractivity contribution in [1.82, 2.24) is 20.4 Å². The summed E-state index contributed by atoms with van der Waals surface area (Å²) in [5, 5.41) is 11.0. The molecule has 124 valence electrons. The SMILES string of the molecule is CCNC(=NCc1ccc(C)cc1)NCC(C)Cn1cccn1. The summed E-state index contributed by atoms with van der Waals surface area (Å²) in [6.45, 7) is 9.68. The molecule has 0 aliphatic rings. The van der Waals surface area contributed by atoms with Crippen LogP contribution in [0.5, 0.6) is 0 Å². The summed E-state index contributed by atoms with van der Waals surface area (Å²) < 4.78 is 1.96. The maximum absolute atomic E-state index is 4.65. The molecule has 1 aromatic carbocycles. The van der Waals surface area contributed by atoms with Crippen molar-refractivity contribution in [2.24, 2.45) is 10.9 Å². The van der Waals surface area contributed by atoms with Gasteiger partial charge in [-0.25, -0.2) is 4.99 Å². The van der Waals surface area contributed by atoms with E-state index in [0.717, 1.165) is 25.6 Å². The maximum Gasteiger partial charge on any atom is 0.191 e. The number of nitrogens with one attached hydrogen (secondary N) is 2. The second-order valence-corrected chi connectivity index (χ2v) is 5.89. The Bertz CT molecular complexity index is 586. The topological polar surface area (TPSA) is 54.2 Å². The summed E-state index contributed by atoms with van der Waals surface area (Å²) in [6, 6.07) is 10.5. The molecule has 0 aliphatic heterocycles. The number of guanidine groups is 1. The third kappa shape index (κ3) is 6.14. The first-order valence-electron chi connectivity index (χ1n) is 8.22. The maximum atomic E-state index is 4.65. The van der Waals surface area contributed by atoms with Crippen LogP contribution in [0.1, 0.15) is 25.0 Å².